The highest BCUT2D eigenvalue weighted by molar-refractivity contribution is 5.91. The Hall–Kier alpha value is -3.03. The van der Waals surface area contributed by atoms with Crippen LogP contribution in [0.2, 0.25) is 0 Å². The molecule has 0 aliphatic carbocycles. The highest BCUT2D eigenvalue weighted by atomic mass is 19.1. The van der Waals surface area contributed by atoms with Gasteiger partial charge in [0, 0.05) is 17.6 Å². The lowest BCUT2D eigenvalue weighted by molar-refractivity contribution is 0.632. The maximum atomic E-state index is 14.1. The van der Waals surface area contributed by atoms with E-state index in [-0.39, 0.29) is 16.9 Å². The molecule has 0 aliphatic rings. The van der Waals surface area contributed by atoms with Gasteiger partial charge in [0.25, 0.3) is 0 Å². The first-order valence-corrected chi connectivity index (χ1v) is 6.09. The topological polar surface area (TPSA) is 82.3 Å². The molecule has 0 fully saturated rings. The van der Waals surface area contributed by atoms with Crippen LogP contribution in [0.1, 0.15) is 0 Å². The highest BCUT2D eigenvalue weighted by Gasteiger charge is 2.13. The summed E-state index contributed by atoms with van der Waals surface area (Å²) in [5, 5.41) is 10.2. The molecular formula is C13H8F2N6. The van der Waals surface area contributed by atoms with Crippen molar-refractivity contribution >= 4 is 33.4 Å². The third-order valence-electron chi connectivity index (χ3n) is 3.20. The minimum atomic E-state index is -0.502. The molecule has 8 heteroatoms. The quantitative estimate of drug-likeness (QED) is 0.529. The van der Waals surface area contributed by atoms with Gasteiger partial charge in [0.1, 0.15) is 23.6 Å². The summed E-state index contributed by atoms with van der Waals surface area (Å²) in [6.07, 6.45) is 4.03. The highest BCUT2D eigenvalue weighted by Crippen LogP contribution is 2.28. The average Bonchev–Trinajstić information content (AvgIpc) is 3.07. The Morgan fingerprint density at radius 1 is 1.10 bits per heavy atom. The molecule has 0 saturated heterocycles. The van der Waals surface area contributed by atoms with Crippen LogP contribution in [-0.4, -0.2) is 25.1 Å². The van der Waals surface area contributed by atoms with E-state index < -0.39 is 11.6 Å². The number of fused-ring (bicyclic) bond motifs is 2. The number of anilines is 2. The van der Waals surface area contributed by atoms with Crippen molar-refractivity contribution in [1.82, 2.24) is 25.1 Å². The lowest BCUT2D eigenvalue weighted by atomic mass is 10.2. The van der Waals surface area contributed by atoms with Gasteiger partial charge in [-0.3, -0.25) is 5.10 Å². The first-order chi connectivity index (χ1) is 10.2. The van der Waals surface area contributed by atoms with Crippen molar-refractivity contribution in [3.05, 3.63) is 42.5 Å². The zero-order chi connectivity index (χ0) is 14.4. The van der Waals surface area contributed by atoms with Crippen LogP contribution in [0.5, 0.6) is 0 Å². The van der Waals surface area contributed by atoms with Gasteiger partial charge in [-0.15, -0.1) is 0 Å². The number of H-pyrrole nitrogens is 2. The van der Waals surface area contributed by atoms with Gasteiger partial charge in [0.15, 0.2) is 5.82 Å². The number of aromatic amines is 2. The van der Waals surface area contributed by atoms with Gasteiger partial charge in [-0.05, 0) is 6.07 Å². The minimum absolute atomic E-state index is 0.184. The van der Waals surface area contributed by atoms with Crippen molar-refractivity contribution in [3.8, 4) is 0 Å². The SMILES string of the molecule is Fc1cc2[nH]ncc2cc1Nc1ncnc2[nH]cc(F)c12. The van der Waals surface area contributed by atoms with Crippen molar-refractivity contribution in [2.24, 2.45) is 0 Å². The Kier molecular flexibility index (Phi) is 2.37. The lowest BCUT2D eigenvalue weighted by Crippen LogP contribution is -1.98. The first-order valence-electron chi connectivity index (χ1n) is 6.09. The summed E-state index contributed by atoms with van der Waals surface area (Å²) in [5.41, 5.74) is 1.11. The maximum Gasteiger partial charge on any atom is 0.153 e. The van der Waals surface area contributed by atoms with Crippen LogP contribution in [0.4, 0.5) is 20.3 Å². The van der Waals surface area contributed by atoms with Gasteiger partial charge in [0.2, 0.25) is 0 Å². The molecular weight excluding hydrogens is 278 g/mol. The number of nitrogens with one attached hydrogen (secondary N) is 3. The number of aromatic nitrogens is 5. The molecule has 3 N–H and O–H groups in total. The van der Waals surface area contributed by atoms with Gasteiger partial charge in [-0.1, -0.05) is 0 Å². The summed E-state index contributed by atoms with van der Waals surface area (Å²) in [5.74, 6) is -0.798. The molecule has 4 aromatic rings. The number of halogens is 2. The predicted octanol–water partition coefficient (Wildman–Crippen LogP) is 2.86. The second-order valence-electron chi connectivity index (χ2n) is 4.50. The van der Waals surface area contributed by atoms with E-state index in [1.165, 1.54) is 18.6 Å². The van der Waals surface area contributed by atoms with Gasteiger partial charge in [-0.25, -0.2) is 18.7 Å². The molecule has 0 amide bonds. The molecule has 3 heterocycles. The van der Waals surface area contributed by atoms with E-state index in [1.54, 1.807) is 12.3 Å². The van der Waals surface area contributed by atoms with E-state index in [4.69, 9.17) is 0 Å². The summed E-state index contributed by atoms with van der Waals surface area (Å²) < 4.78 is 27.8. The fraction of sp³-hybridized carbons (Fsp3) is 0. The van der Waals surface area contributed by atoms with E-state index in [2.05, 4.69) is 30.5 Å². The van der Waals surface area contributed by atoms with Crippen LogP contribution < -0.4 is 5.32 Å². The molecule has 0 unspecified atom stereocenters. The zero-order valence-electron chi connectivity index (χ0n) is 10.5. The molecule has 3 aromatic heterocycles. The van der Waals surface area contributed by atoms with Crippen LogP contribution in [-0.2, 0) is 0 Å². The molecule has 0 bridgehead atoms. The summed E-state index contributed by atoms with van der Waals surface area (Å²) in [7, 11) is 0. The summed E-state index contributed by atoms with van der Waals surface area (Å²) in [4.78, 5) is 10.6. The maximum absolute atomic E-state index is 14.1. The fourth-order valence-corrected chi connectivity index (χ4v) is 2.21. The van der Waals surface area contributed by atoms with Crippen molar-refractivity contribution in [2.45, 2.75) is 0 Å². The van der Waals surface area contributed by atoms with E-state index >= 15 is 0 Å². The number of hydrogen-bond donors (Lipinski definition) is 3. The van der Waals surface area contributed by atoms with Crippen LogP contribution >= 0.6 is 0 Å². The third-order valence-corrected chi connectivity index (χ3v) is 3.20. The molecule has 0 radical (unpaired) electrons. The first kappa shape index (κ1) is 11.8. The minimum Gasteiger partial charge on any atom is -0.343 e. The summed E-state index contributed by atoms with van der Waals surface area (Å²) >= 11 is 0. The lowest BCUT2D eigenvalue weighted by Gasteiger charge is -2.07. The summed E-state index contributed by atoms with van der Waals surface area (Å²) in [6.45, 7) is 0. The molecule has 0 aliphatic heterocycles. The monoisotopic (exact) mass is 286 g/mol. The predicted molar refractivity (Wildman–Crippen MR) is 73.2 cm³/mol. The Balaban J connectivity index is 1.86. The molecule has 0 spiro atoms. The van der Waals surface area contributed by atoms with Crippen molar-refractivity contribution in [2.75, 3.05) is 5.32 Å². The van der Waals surface area contributed by atoms with Crippen molar-refractivity contribution in [1.29, 1.82) is 0 Å². The Morgan fingerprint density at radius 2 is 2.00 bits per heavy atom. The zero-order valence-corrected chi connectivity index (χ0v) is 10.5. The number of nitrogens with zero attached hydrogens (tertiary/aromatic N) is 3. The number of benzene rings is 1. The molecule has 0 saturated carbocycles. The standard InChI is InChI=1S/C13H8F2N6/c14-7-2-9-6(3-19-21-9)1-10(7)20-13-11-8(15)4-16-12(11)17-5-18-13/h1-5H,(H,19,21)(H2,16,17,18,20). The van der Waals surface area contributed by atoms with Gasteiger partial charge < -0.3 is 10.3 Å². The van der Waals surface area contributed by atoms with Crippen LogP contribution in [0.3, 0.4) is 0 Å². The van der Waals surface area contributed by atoms with E-state index in [0.29, 0.717) is 11.2 Å². The molecule has 104 valence electrons. The van der Waals surface area contributed by atoms with Gasteiger partial charge >= 0.3 is 0 Å². The van der Waals surface area contributed by atoms with E-state index in [0.717, 1.165) is 5.39 Å². The second kappa shape index (κ2) is 4.23. The second-order valence-corrected chi connectivity index (χ2v) is 4.50. The summed E-state index contributed by atoms with van der Waals surface area (Å²) in [6, 6.07) is 2.89. The number of hydrogen-bond acceptors (Lipinski definition) is 4. The van der Waals surface area contributed by atoms with Gasteiger partial charge in [0.05, 0.1) is 22.8 Å². The largest absolute Gasteiger partial charge is 0.343 e. The van der Waals surface area contributed by atoms with Crippen molar-refractivity contribution in [3.63, 3.8) is 0 Å². The molecule has 21 heavy (non-hydrogen) atoms. The smallest absolute Gasteiger partial charge is 0.153 e. The molecule has 1 aromatic carbocycles. The third kappa shape index (κ3) is 1.80. The van der Waals surface area contributed by atoms with Crippen LogP contribution in [0.15, 0.2) is 30.9 Å². The Morgan fingerprint density at radius 3 is 2.90 bits per heavy atom. The molecule has 6 nitrogen and oxygen atoms in total. The van der Waals surface area contributed by atoms with E-state index in [9.17, 15) is 8.78 Å². The number of rotatable bonds is 2. The van der Waals surface area contributed by atoms with Crippen LogP contribution in [0, 0.1) is 11.6 Å². The van der Waals surface area contributed by atoms with E-state index in [1.807, 2.05) is 0 Å². The van der Waals surface area contributed by atoms with Crippen molar-refractivity contribution < 1.29 is 8.78 Å². The average molecular weight is 286 g/mol. The molecule has 0 atom stereocenters. The van der Waals surface area contributed by atoms with Gasteiger partial charge in [-0.2, -0.15) is 5.10 Å². The van der Waals surface area contributed by atoms with Crippen LogP contribution in [0.25, 0.3) is 21.9 Å². The Bertz CT molecular complexity index is 958. The normalized spacial score (nSPS) is 11.3. The molecule has 4 rings (SSSR count). The fourth-order valence-electron chi connectivity index (χ4n) is 2.21. The Labute approximate surface area is 116 Å².